The van der Waals surface area contributed by atoms with Crippen LogP contribution in [0.2, 0.25) is 0 Å². The lowest BCUT2D eigenvalue weighted by Crippen LogP contribution is -1.91. The Morgan fingerprint density at radius 2 is 1.73 bits per heavy atom. The molecule has 0 N–H and O–H groups in total. The zero-order valence-corrected chi connectivity index (χ0v) is 12.5. The van der Waals surface area contributed by atoms with Crippen molar-refractivity contribution in [2.45, 2.75) is 0 Å². The van der Waals surface area contributed by atoms with E-state index in [9.17, 15) is 0 Å². The van der Waals surface area contributed by atoms with E-state index in [2.05, 4.69) is 9.98 Å². The van der Waals surface area contributed by atoms with E-state index in [4.69, 9.17) is 9.47 Å². The molecule has 3 rings (SSSR count). The van der Waals surface area contributed by atoms with Crippen LogP contribution in [0.1, 0.15) is 5.69 Å². The molecule has 1 aromatic heterocycles. The summed E-state index contributed by atoms with van der Waals surface area (Å²) in [5.74, 6) is 1.57. The van der Waals surface area contributed by atoms with Gasteiger partial charge in [-0.25, -0.2) is 4.98 Å². The topological polar surface area (TPSA) is 43.7 Å². The van der Waals surface area contributed by atoms with Crippen molar-refractivity contribution in [3.05, 3.63) is 60.3 Å². The minimum Gasteiger partial charge on any atom is -0.497 e. The van der Waals surface area contributed by atoms with Gasteiger partial charge in [-0.3, -0.25) is 4.99 Å². The fraction of sp³-hybridized carbons (Fsp3) is 0.111. The number of aromatic nitrogens is 1. The minimum atomic E-state index is 0.761. The van der Waals surface area contributed by atoms with Crippen molar-refractivity contribution < 1.29 is 9.47 Å². The van der Waals surface area contributed by atoms with E-state index in [1.807, 2.05) is 54.6 Å². The Bertz CT molecular complexity index is 811. The Hall–Kier alpha value is -2.88. The average Bonchev–Trinajstić information content (AvgIpc) is 2.59. The van der Waals surface area contributed by atoms with Crippen molar-refractivity contribution >= 4 is 22.8 Å². The molecule has 0 spiro atoms. The van der Waals surface area contributed by atoms with Gasteiger partial charge in [0.1, 0.15) is 17.0 Å². The van der Waals surface area contributed by atoms with Gasteiger partial charge < -0.3 is 9.47 Å². The van der Waals surface area contributed by atoms with Gasteiger partial charge in [-0.2, -0.15) is 0 Å². The second-order valence-electron chi connectivity index (χ2n) is 4.72. The number of benzene rings is 2. The molecule has 4 nitrogen and oxygen atoms in total. The Balaban J connectivity index is 1.91. The second kappa shape index (κ2) is 6.26. The highest BCUT2D eigenvalue weighted by molar-refractivity contribution is 5.89. The maximum atomic E-state index is 5.35. The fourth-order valence-electron chi connectivity index (χ4n) is 2.18. The van der Waals surface area contributed by atoms with Crippen LogP contribution in [0.25, 0.3) is 10.9 Å². The summed E-state index contributed by atoms with van der Waals surface area (Å²) in [5, 5.41) is 1.04. The van der Waals surface area contributed by atoms with Crippen LogP contribution >= 0.6 is 0 Å². The van der Waals surface area contributed by atoms with Gasteiger partial charge in [0.15, 0.2) is 0 Å². The third kappa shape index (κ3) is 2.91. The number of ether oxygens (including phenoxy) is 2. The molecule has 1 heterocycles. The Labute approximate surface area is 129 Å². The van der Waals surface area contributed by atoms with Crippen LogP contribution in [0, 0.1) is 0 Å². The summed E-state index contributed by atoms with van der Waals surface area (Å²) in [6, 6.07) is 17.4. The molecule has 0 amide bonds. The predicted octanol–water partition coefficient (Wildman–Crippen LogP) is 4.00. The second-order valence-corrected chi connectivity index (χ2v) is 4.72. The van der Waals surface area contributed by atoms with Gasteiger partial charge in [0.25, 0.3) is 0 Å². The number of nitrogens with zero attached hydrogens (tertiary/aromatic N) is 2. The highest BCUT2D eigenvalue weighted by atomic mass is 16.5. The minimum absolute atomic E-state index is 0.761. The average molecular weight is 292 g/mol. The molecule has 0 unspecified atom stereocenters. The number of pyridine rings is 1. The van der Waals surface area contributed by atoms with Crippen LogP contribution in [-0.4, -0.2) is 25.4 Å². The van der Waals surface area contributed by atoms with E-state index < -0.39 is 0 Å². The number of aliphatic imine (C=N–C) groups is 1. The summed E-state index contributed by atoms with van der Waals surface area (Å²) in [5.41, 5.74) is 2.47. The van der Waals surface area contributed by atoms with E-state index in [1.54, 1.807) is 20.4 Å². The number of hydrogen-bond donors (Lipinski definition) is 0. The van der Waals surface area contributed by atoms with Crippen LogP contribution < -0.4 is 9.47 Å². The summed E-state index contributed by atoms with van der Waals surface area (Å²) in [6.07, 6.45) is 1.74. The first-order valence-corrected chi connectivity index (χ1v) is 6.92. The first-order chi connectivity index (χ1) is 10.8. The van der Waals surface area contributed by atoms with Gasteiger partial charge >= 0.3 is 0 Å². The highest BCUT2D eigenvalue weighted by Gasteiger charge is 2.02. The molecule has 0 saturated heterocycles. The smallest absolute Gasteiger partial charge is 0.145 e. The molecule has 2 aromatic carbocycles. The van der Waals surface area contributed by atoms with Crippen LogP contribution in [-0.2, 0) is 0 Å². The van der Waals surface area contributed by atoms with E-state index in [0.717, 1.165) is 33.8 Å². The summed E-state index contributed by atoms with van der Waals surface area (Å²) < 4.78 is 10.5. The normalized spacial score (nSPS) is 11.0. The predicted molar refractivity (Wildman–Crippen MR) is 88.5 cm³/mol. The maximum Gasteiger partial charge on any atom is 0.145 e. The third-order valence-electron chi connectivity index (χ3n) is 3.34. The number of hydrogen-bond acceptors (Lipinski definition) is 4. The van der Waals surface area contributed by atoms with E-state index in [0.29, 0.717) is 0 Å². The van der Waals surface area contributed by atoms with Gasteiger partial charge in [0.05, 0.1) is 31.8 Å². The van der Waals surface area contributed by atoms with Crippen LogP contribution in [0.5, 0.6) is 11.5 Å². The molecular formula is C18H16N2O2. The van der Waals surface area contributed by atoms with Gasteiger partial charge in [0, 0.05) is 5.39 Å². The number of fused-ring (bicyclic) bond motifs is 1. The standard InChI is InChI=1S/C18H16N2O2/c1-21-16-10-8-14(9-11-16)19-12-15-7-6-13-4-3-5-17(22-2)18(13)20-15/h3-12H,1-2H3. The fourth-order valence-corrected chi connectivity index (χ4v) is 2.18. The molecule has 0 fully saturated rings. The van der Waals surface area contributed by atoms with Crippen molar-refractivity contribution in [2.75, 3.05) is 14.2 Å². The first kappa shape index (κ1) is 14.1. The molecule has 0 aliphatic heterocycles. The summed E-state index contributed by atoms with van der Waals surface area (Å²) >= 11 is 0. The van der Waals surface area contributed by atoms with Crippen molar-refractivity contribution in [1.29, 1.82) is 0 Å². The summed E-state index contributed by atoms with van der Waals surface area (Å²) in [7, 11) is 3.29. The molecule has 0 saturated carbocycles. The van der Waals surface area contributed by atoms with Gasteiger partial charge in [-0.15, -0.1) is 0 Å². The van der Waals surface area contributed by atoms with Crippen LogP contribution in [0.4, 0.5) is 5.69 Å². The quantitative estimate of drug-likeness (QED) is 0.683. The molecule has 4 heteroatoms. The lowest BCUT2D eigenvalue weighted by atomic mass is 10.2. The molecule has 0 aliphatic rings. The largest absolute Gasteiger partial charge is 0.497 e. The number of rotatable bonds is 4. The summed E-state index contributed by atoms with van der Waals surface area (Å²) in [4.78, 5) is 9.03. The van der Waals surface area contributed by atoms with Crippen molar-refractivity contribution in [3.63, 3.8) is 0 Å². The number of methoxy groups -OCH3 is 2. The molecule has 22 heavy (non-hydrogen) atoms. The van der Waals surface area contributed by atoms with E-state index in [-0.39, 0.29) is 0 Å². The van der Waals surface area contributed by atoms with E-state index >= 15 is 0 Å². The van der Waals surface area contributed by atoms with Crippen molar-refractivity contribution in [3.8, 4) is 11.5 Å². The monoisotopic (exact) mass is 292 g/mol. The molecular weight excluding hydrogens is 276 g/mol. The molecule has 0 radical (unpaired) electrons. The molecule has 0 bridgehead atoms. The van der Waals surface area contributed by atoms with E-state index in [1.165, 1.54) is 0 Å². The molecule has 0 aliphatic carbocycles. The number of para-hydroxylation sites is 1. The van der Waals surface area contributed by atoms with Gasteiger partial charge in [-0.05, 0) is 36.4 Å². The lowest BCUT2D eigenvalue weighted by Gasteiger charge is -2.04. The molecule has 0 atom stereocenters. The van der Waals surface area contributed by atoms with Gasteiger partial charge in [-0.1, -0.05) is 18.2 Å². The van der Waals surface area contributed by atoms with Crippen LogP contribution in [0.15, 0.2) is 59.6 Å². The summed E-state index contributed by atoms with van der Waals surface area (Å²) in [6.45, 7) is 0. The molecule has 3 aromatic rings. The lowest BCUT2D eigenvalue weighted by molar-refractivity contribution is 0.415. The Morgan fingerprint density at radius 1 is 0.909 bits per heavy atom. The third-order valence-corrected chi connectivity index (χ3v) is 3.34. The van der Waals surface area contributed by atoms with Crippen LogP contribution in [0.3, 0.4) is 0 Å². The first-order valence-electron chi connectivity index (χ1n) is 6.92. The van der Waals surface area contributed by atoms with Crippen molar-refractivity contribution in [1.82, 2.24) is 4.98 Å². The molecule has 110 valence electrons. The maximum absolute atomic E-state index is 5.35. The zero-order chi connectivity index (χ0) is 15.4. The Morgan fingerprint density at radius 3 is 2.45 bits per heavy atom. The van der Waals surface area contributed by atoms with Gasteiger partial charge in [0.2, 0.25) is 0 Å². The Kier molecular flexibility index (Phi) is 4.01. The zero-order valence-electron chi connectivity index (χ0n) is 12.5. The highest BCUT2D eigenvalue weighted by Crippen LogP contribution is 2.23. The SMILES string of the molecule is COc1ccc(N=Cc2ccc3cccc(OC)c3n2)cc1. The van der Waals surface area contributed by atoms with Crippen molar-refractivity contribution in [2.24, 2.45) is 4.99 Å².